The summed E-state index contributed by atoms with van der Waals surface area (Å²) in [7, 11) is 4.79. The summed E-state index contributed by atoms with van der Waals surface area (Å²) < 4.78 is 16.7. The third-order valence-corrected chi connectivity index (χ3v) is 5.61. The Labute approximate surface area is 175 Å². The van der Waals surface area contributed by atoms with Crippen LogP contribution in [0.3, 0.4) is 0 Å². The van der Waals surface area contributed by atoms with Crippen LogP contribution in [0.15, 0.2) is 36.4 Å². The summed E-state index contributed by atoms with van der Waals surface area (Å²) in [5, 5.41) is 10.5. The lowest BCUT2D eigenvalue weighted by molar-refractivity contribution is -0.145. The summed E-state index contributed by atoms with van der Waals surface area (Å²) in [6.45, 7) is 0.637. The molecular formula is C22H26ClNO5. The number of nitrogens with zero attached hydrogens (tertiary/aromatic N) is 1. The molecule has 0 bridgehead atoms. The van der Waals surface area contributed by atoms with Gasteiger partial charge >= 0.3 is 5.97 Å². The first-order valence-corrected chi connectivity index (χ1v) is 9.91. The molecule has 3 rings (SSSR count). The standard InChI is InChI=1S/C22H26ClNO5/c1-27-15-8-10-20(29-3)17(13-15)21(16-12-14(23)7-9-19(16)28-2)24-11-5-4-6-18(24)22(25)26/h7-10,12-13,18,21H,4-6,11H2,1-3H3,(H,25,26). The highest BCUT2D eigenvalue weighted by molar-refractivity contribution is 6.30. The molecule has 0 aliphatic carbocycles. The molecule has 0 spiro atoms. The van der Waals surface area contributed by atoms with Gasteiger partial charge in [0.2, 0.25) is 0 Å². The molecule has 29 heavy (non-hydrogen) atoms. The molecule has 1 saturated heterocycles. The van der Waals surface area contributed by atoms with Crippen LogP contribution >= 0.6 is 11.6 Å². The molecule has 1 fully saturated rings. The van der Waals surface area contributed by atoms with Crippen molar-refractivity contribution in [3.8, 4) is 17.2 Å². The number of carboxylic acid groups (broad SMARTS) is 1. The van der Waals surface area contributed by atoms with Crippen molar-refractivity contribution >= 4 is 17.6 Å². The molecule has 7 heteroatoms. The molecule has 156 valence electrons. The molecule has 2 aromatic carbocycles. The molecule has 0 saturated carbocycles. The minimum atomic E-state index is -0.836. The van der Waals surface area contributed by atoms with Crippen molar-refractivity contribution in [2.45, 2.75) is 31.3 Å². The second kappa shape index (κ2) is 9.37. The summed E-state index contributed by atoms with van der Waals surface area (Å²) in [4.78, 5) is 14.1. The third-order valence-electron chi connectivity index (χ3n) is 5.38. The number of ether oxygens (including phenoxy) is 3. The average Bonchev–Trinajstić information content (AvgIpc) is 2.74. The molecule has 2 unspecified atom stereocenters. The van der Waals surface area contributed by atoms with Gasteiger partial charge in [0.25, 0.3) is 0 Å². The Balaban J connectivity index is 2.25. The average molecular weight is 420 g/mol. The fourth-order valence-electron chi connectivity index (χ4n) is 4.02. The molecular weight excluding hydrogens is 394 g/mol. The summed E-state index contributed by atoms with van der Waals surface area (Å²) in [5.41, 5.74) is 1.60. The van der Waals surface area contributed by atoms with E-state index in [1.54, 1.807) is 33.5 Å². The number of likely N-dealkylation sites (tertiary alicyclic amines) is 1. The van der Waals surface area contributed by atoms with Gasteiger partial charge in [0, 0.05) is 16.1 Å². The summed E-state index contributed by atoms with van der Waals surface area (Å²) in [5.74, 6) is 1.11. The van der Waals surface area contributed by atoms with Crippen LogP contribution < -0.4 is 14.2 Å². The van der Waals surface area contributed by atoms with Crippen LogP contribution in [0.25, 0.3) is 0 Å². The van der Waals surface area contributed by atoms with E-state index in [0.717, 1.165) is 24.0 Å². The van der Waals surface area contributed by atoms with Crippen molar-refractivity contribution in [1.29, 1.82) is 0 Å². The normalized spacial score (nSPS) is 18.1. The second-order valence-corrected chi connectivity index (χ2v) is 7.42. The highest BCUT2D eigenvalue weighted by Gasteiger charge is 2.37. The van der Waals surface area contributed by atoms with Crippen LogP contribution in [0.4, 0.5) is 0 Å². The summed E-state index contributed by atoms with van der Waals surface area (Å²) >= 11 is 6.33. The molecule has 0 aromatic heterocycles. The highest BCUT2D eigenvalue weighted by Crippen LogP contribution is 2.43. The quantitative estimate of drug-likeness (QED) is 0.717. The van der Waals surface area contributed by atoms with Crippen molar-refractivity contribution < 1.29 is 24.1 Å². The number of piperidine rings is 1. The van der Waals surface area contributed by atoms with Gasteiger partial charge in [0.1, 0.15) is 23.3 Å². The molecule has 0 radical (unpaired) electrons. The predicted molar refractivity (Wildman–Crippen MR) is 111 cm³/mol. The fraction of sp³-hybridized carbons (Fsp3) is 0.409. The van der Waals surface area contributed by atoms with E-state index in [-0.39, 0.29) is 0 Å². The van der Waals surface area contributed by atoms with Crippen molar-refractivity contribution in [2.24, 2.45) is 0 Å². The van der Waals surface area contributed by atoms with E-state index >= 15 is 0 Å². The van der Waals surface area contributed by atoms with E-state index in [2.05, 4.69) is 0 Å². The largest absolute Gasteiger partial charge is 0.497 e. The SMILES string of the molecule is COc1ccc(OC)c(C(c2cc(Cl)ccc2OC)N2CCCCC2C(=O)O)c1. The van der Waals surface area contributed by atoms with E-state index in [0.29, 0.717) is 35.2 Å². The van der Waals surface area contributed by atoms with Gasteiger partial charge in [-0.15, -0.1) is 0 Å². The zero-order valence-electron chi connectivity index (χ0n) is 16.9. The molecule has 0 amide bonds. The summed E-state index contributed by atoms with van der Waals surface area (Å²) in [6, 6.07) is 9.89. The molecule has 1 aliphatic heterocycles. The maximum absolute atomic E-state index is 12.1. The van der Waals surface area contributed by atoms with Crippen LogP contribution in [0, 0.1) is 0 Å². The Morgan fingerprint density at radius 3 is 2.31 bits per heavy atom. The van der Waals surface area contributed by atoms with E-state index in [9.17, 15) is 9.90 Å². The lowest BCUT2D eigenvalue weighted by Gasteiger charge is -2.40. The predicted octanol–water partition coefficient (Wildman–Crippen LogP) is 4.39. The smallest absolute Gasteiger partial charge is 0.320 e. The van der Waals surface area contributed by atoms with Crippen molar-refractivity contribution in [1.82, 2.24) is 4.90 Å². The monoisotopic (exact) mass is 419 g/mol. The number of hydrogen-bond acceptors (Lipinski definition) is 5. The number of methoxy groups -OCH3 is 3. The Hall–Kier alpha value is -2.44. The van der Waals surface area contributed by atoms with Crippen LogP contribution in [-0.4, -0.2) is 49.9 Å². The van der Waals surface area contributed by atoms with Crippen LogP contribution in [0.1, 0.15) is 36.4 Å². The lowest BCUT2D eigenvalue weighted by Crippen LogP contribution is -2.47. The number of carboxylic acids is 1. The maximum atomic E-state index is 12.1. The van der Waals surface area contributed by atoms with E-state index in [1.807, 2.05) is 29.2 Å². The summed E-state index contributed by atoms with van der Waals surface area (Å²) in [6.07, 6.45) is 2.37. The Morgan fingerprint density at radius 1 is 1.03 bits per heavy atom. The fourth-order valence-corrected chi connectivity index (χ4v) is 4.21. The van der Waals surface area contributed by atoms with Gasteiger partial charge in [-0.05, 0) is 55.8 Å². The number of aliphatic carboxylic acids is 1. The van der Waals surface area contributed by atoms with E-state index < -0.39 is 18.1 Å². The number of hydrogen-bond donors (Lipinski definition) is 1. The van der Waals surface area contributed by atoms with Gasteiger partial charge in [-0.25, -0.2) is 0 Å². The molecule has 6 nitrogen and oxygen atoms in total. The van der Waals surface area contributed by atoms with Crippen LogP contribution in [0.2, 0.25) is 5.02 Å². The van der Waals surface area contributed by atoms with Gasteiger partial charge in [0.15, 0.2) is 0 Å². The Bertz CT molecular complexity index is 872. The number of halogens is 1. The third kappa shape index (κ3) is 4.43. The minimum Gasteiger partial charge on any atom is -0.497 e. The van der Waals surface area contributed by atoms with Crippen LogP contribution in [0.5, 0.6) is 17.2 Å². The van der Waals surface area contributed by atoms with Gasteiger partial charge < -0.3 is 19.3 Å². The van der Waals surface area contributed by atoms with Crippen molar-refractivity contribution in [2.75, 3.05) is 27.9 Å². The van der Waals surface area contributed by atoms with Crippen molar-refractivity contribution in [3.05, 3.63) is 52.5 Å². The van der Waals surface area contributed by atoms with Crippen LogP contribution in [-0.2, 0) is 4.79 Å². The first-order valence-electron chi connectivity index (χ1n) is 9.54. The molecule has 2 atom stereocenters. The molecule has 1 heterocycles. The number of benzene rings is 2. The van der Waals surface area contributed by atoms with E-state index in [4.69, 9.17) is 25.8 Å². The number of carbonyl (C=O) groups is 1. The first-order chi connectivity index (χ1) is 14.0. The minimum absolute atomic E-state index is 0.421. The van der Waals surface area contributed by atoms with E-state index in [1.165, 1.54) is 0 Å². The van der Waals surface area contributed by atoms with Gasteiger partial charge in [-0.1, -0.05) is 18.0 Å². The lowest BCUT2D eigenvalue weighted by atomic mass is 9.90. The Morgan fingerprint density at radius 2 is 1.69 bits per heavy atom. The maximum Gasteiger partial charge on any atom is 0.320 e. The topological polar surface area (TPSA) is 68.2 Å². The van der Waals surface area contributed by atoms with Gasteiger partial charge in [-0.2, -0.15) is 0 Å². The van der Waals surface area contributed by atoms with Gasteiger partial charge in [0.05, 0.1) is 27.4 Å². The van der Waals surface area contributed by atoms with Crippen molar-refractivity contribution in [3.63, 3.8) is 0 Å². The first kappa shape index (κ1) is 21.3. The van der Waals surface area contributed by atoms with Gasteiger partial charge in [-0.3, -0.25) is 9.69 Å². The second-order valence-electron chi connectivity index (χ2n) is 6.98. The number of rotatable bonds is 7. The zero-order valence-corrected chi connectivity index (χ0v) is 17.6. The molecule has 1 N–H and O–H groups in total. The molecule has 2 aromatic rings. The highest BCUT2D eigenvalue weighted by atomic mass is 35.5. The Kier molecular flexibility index (Phi) is 6.87. The molecule has 1 aliphatic rings. The zero-order chi connectivity index (χ0) is 21.0.